The number of nitrogens with zero attached hydrogens (tertiary/aromatic N) is 1. The van der Waals surface area contributed by atoms with E-state index in [2.05, 4.69) is 6.92 Å². The van der Waals surface area contributed by atoms with Gasteiger partial charge in [-0.25, -0.2) is 0 Å². The Morgan fingerprint density at radius 3 is 1.67 bits per heavy atom. The minimum absolute atomic E-state index is 0.190. The highest BCUT2D eigenvalue weighted by Gasteiger charge is 2.12. The van der Waals surface area contributed by atoms with Gasteiger partial charge in [-0.05, 0) is 19.8 Å². The molecular formula is C8H15N. The SMILES string of the molecule is CC(C)C#N.CC1CC1. The first-order valence-electron chi connectivity index (χ1n) is 3.56. The fourth-order valence-electron chi connectivity index (χ4n) is 0.167. The van der Waals surface area contributed by atoms with Crippen LogP contribution in [-0.4, -0.2) is 0 Å². The molecule has 0 N–H and O–H groups in total. The van der Waals surface area contributed by atoms with Crippen molar-refractivity contribution in [3.8, 4) is 6.07 Å². The van der Waals surface area contributed by atoms with Gasteiger partial charge in [-0.1, -0.05) is 19.8 Å². The highest BCUT2D eigenvalue weighted by Crippen LogP contribution is 2.26. The van der Waals surface area contributed by atoms with Crippen molar-refractivity contribution in [2.24, 2.45) is 11.8 Å². The lowest BCUT2D eigenvalue weighted by Gasteiger charge is -1.75. The van der Waals surface area contributed by atoms with Gasteiger partial charge < -0.3 is 0 Å². The maximum atomic E-state index is 7.89. The van der Waals surface area contributed by atoms with Gasteiger partial charge in [-0.2, -0.15) is 5.26 Å². The summed E-state index contributed by atoms with van der Waals surface area (Å²) in [6.07, 6.45) is 2.97. The van der Waals surface area contributed by atoms with Gasteiger partial charge in [0.15, 0.2) is 0 Å². The number of rotatable bonds is 0. The lowest BCUT2D eigenvalue weighted by atomic mass is 10.3. The zero-order valence-electron chi connectivity index (χ0n) is 6.52. The highest BCUT2D eigenvalue weighted by molar-refractivity contribution is 4.72. The third-order valence-electron chi connectivity index (χ3n) is 1.12. The number of nitriles is 1. The Balaban J connectivity index is 0.000000144. The van der Waals surface area contributed by atoms with Crippen LogP contribution in [0, 0.1) is 23.2 Å². The first kappa shape index (κ1) is 8.49. The van der Waals surface area contributed by atoms with Gasteiger partial charge in [-0.15, -0.1) is 0 Å². The fourth-order valence-corrected chi connectivity index (χ4v) is 0.167. The standard InChI is InChI=1S/C4H7N.C4H8/c1-4(2)3-5;1-4-2-3-4/h4H,1-2H3;4H,2-3H2,1H3. The van der Waals surface area contributed by atoms with Gasteiger partial charge in [0.2, 0.25) is 0 Å². The van der Waals surface area contributed by atoms with Crippen molar-refractivity contribution in [2.75, 3.05) is 0 Å². The summed E-state index contributed by atoms with van der Waals surface area (Å²) >= 11 is 0. The summed E-state index contributed by atoms with van der Waals surface area (Å²) in [5.41, 5.74) is 0. The van der Waals surface area contributed by atoms with E-state index >= 15 is 0 Å². The molecule has 0 saturated heterocycles. The molecule has 1 nitrogen and oxygen atoms in total. The third-order valence-corrected chi connectivity index (χ3v) is 1.12. The topological polar surface area (TPSA) is 23.8 Å². The summed E-state index contributed by atoms with van der Waals surface area (Å²) in [6, 6.07) is 2.03. The van der Waals surface area contributed by atoms with Crippen LogP contribution in [0.5, 0.6) is 0 Å². The van der Waals surface area contributed by atoms with Crippen LogP contribution in [0.1, 0.15) is 33.6 Å². The molecule has 0 aliphatic heterocycles. The predicted octanol–water partition coefficient (Wildman–Crippen LogP) is 2.58. The highest BCUT2D eigenvalue weighted by atomic mass is 14.2. The zero-order chi connectivity index (χ0) is 7.28. The lowest BCUT2D eigenvalue weighted by molar-refractivity contribution is 0.849. The van der Waals surface area contributed by atoms with Crippen LogP contribution >= 0.6 is 0 Å². The monoisotopic (exact) mass is 125 g/mol. The molecule has 0 aromatic carbocycles. The van der Waals surface area contributed by atoms with Gasteiger partial charge in [0.05, 0.1) is 6.07 Å². The molecule has 0 bridgehead atoms. The second-order valence-electron chi connectivity index (χ2n) is 2.97. The maximum Gasteiger partial charge on any atom is 0.0649 e. The molecule has 1 fully saturated rings. The van der Waals surface area contributed by atoms with E-state index in [-0.39, 0.29) is 5.92 Å². The van der Waals surface area contributed by atoms with Crippen molar-refractivity contribution < 1.29 is 0 Å². The molecule has 0 radical (unpaired) electrons. The summed E-state index contributed by atoms with van der Waals surface area (Å²) in [7, 11) is 0. The molecule has 0 aromatic heterocycles. The Kier molecular flexibility index (Phi) is 4.13. The van der Waals surface area contributed by atoms with Crippen LogP contribution in [0.4, 0.5) is 0 Å². The summed E-state index contributed by atoms with van der Waals surface area (Å²) in [6.45, 7) is 6.00. The van der Waals surface area contributed by atoms with E-state index in [4.69, 9.17) is 5.26 Å². The average Bonchev–Trinajstić information content (AvgIpc) is 2.53. The van der Waals surface area contributed by atoms with E-state index in [0.717, 1.165) is 5.92 Å². The van der Waals surface area contributed by atoms with Crippen LogP contribution in [0.2, 0.25) is 0 Å². The van der Waals surface area contributed by atoms with Crippen LogP contribution < -0.4 is 0 Å². The molecular weight excluding hydrogens is 110 g/mol. The summed E-state index contributed by atoms with van der Waals surface area (Å²) in [4.78, 5) is 0. The molecule has 1 heteroatoms. The van der Waals surface area contributed by atoms with Crippen molar-refractivity contribution in [3.05, 3.63) is 0 Å². The second kappa shape index (κ2) is 4.38. The van der Waals surface area contributed by atoms with Gasteiger partial charge in [0, 0.05) is 5.92 Å². The Bertz CT molecular complexity index is 95.6. The molecule has 0 amide bonds. The molecule has 1 rings (SSSR count). The lowest BCUT2D eigenvalue weighted by Crippen LogP contribution is -1.72. The Morgan fingerprint density at radius 1 is 1.44 bits per heavy atom. The minimum atomic E-state index is 0.190. The Hall–Kier alpha value is -0.510. The molecule has 0 heterocycles. The minimum Gasteiger partial charge on any atom is -0.198 e. The molecule has 0 atom stereocenters. The summed E-state index contributed by atoms with van der Waals surface area (Å²) in [5.74, 6) is 1.27. The maximum absolute atomic E-state index is 7.89. The van der Waals surface area contributed by atoms with E-state index in [1.54, 1.807) is 0 Å². The van der Waals surface area contributed by atoms with Gasteiger partial charge in [0.1, 0.15) is 0 Å². The molecule has 0 spiro atoms. The molecule has 52 valence electrons. The van der Waals surface area contributed by atoms with E-state index in [1.807, 2.05) is 19.9 Å². The van der Waals surface area contributed by atoms with Crippen molar-refractivity contribution in [1.82, 2.24) is 0 Å². The quantitative estimate of drug-likeness (QED) is 0.488. The normalized spacial score (nSPS) is 15.9. The van der Waals surface area contributed by atoms with Crippen molar-refractivity contribution in [1.29, 1.82) is 5.26 Å². The summed E-state index contributed by atoms with van der Waals surface area (Å²) in [5, 5.41) is 7.89. The van der Waals surface area contributed by atoms with E-state index in [1.165, 1.54) is 12.8 Å². The Morgan fingerprint density at radius 2 is 1.67 bits per heavy atom. The first-order valence-corrected chi connectivity index (χ1v) is 3.56. The van der Waals surface area contributed by atoms with E-state index in [0.29, 0.717) is 0 Å². The number of hydrogen-bond donors (Lipinski definition) is 0. The third kappa shape index (κ3) is 11.2. The summed E-state index contributed by atoms with van der Waals surface area (Å²) < 4.78 is 0. The van der Waals surface area contributed by atoms with E-state index < -0.39 is 0 Å². The van der Waals surface area contributed by atoms with Gasteiger partial charge >= 0.3 is 0 Å². The van der Waals surface area contributed by atoms with Crippen molar-refractivity contribution in [2.45, 2.75) is 33.6 Å². The Labute approximate surface area is 57.7 Å². The molecule has 9 heavy (non-hydrogen) atoms. The van der Waals surface area contributed by atoms with Crippen molar-refractivity contribution in [3.63, 3.8) is 0 Å². The van der Waals surface area contributed by atoms with E-state index in [9.17, 15) is 0 Å². The fraction of sp³-hybridized carbons (Fsp3) is 0.875. The molecule has 0 unspecified atom stereocenters. The van der Waals surface area contributed by atoms with Crippen LogP contribution in [-0.2, 0) is 0 Å². The van der Waals surface area contributed by atoms with Gasteiger partial charge in [-0.3, -0.25) is 0 Å². The largest absolute Gasteiger partial charge is 0.198 e. The first-order chi connectivity index (χ1) is 4.16. The van der Waals surface area contributed by atoms with Gasteiger partial charge in [0.25, 0.3) is 0 Å². The predicted molar refractivity (Wildman–Crippen MR) is 38.8 cm³/mol. The van der Waals surface area contributed by atoms with Crippen LogP contribution in [0.3, 0.4) is 0 Å². The molecule has 0 aromatic rings. The molecule has 1 aliphatic carbocycles. The molecule has 1 aliphatic rings. The van der Waals surface area contributed by atoms with Crippen LogP contribution in [0.25, 0.3) is 0 Å². The smallest absolute Gasteiger partial charge is 0.0649 e. The zero-order valence-corrected chi connectivity index (χ0v) is 6.52. The average molecular weight is 125 g/mol. The van der Waals surface area contributed by atoms with Crippen LogP contribution in [0.15, 0.2) is 0 Å². The number of hydrogen-bond acceptors (Lipinski definition) is 1. The molecule has 1 saturated carbocycles. The van der Waals surface area contributed by atoms with Crippen molar-refractivity contribution >= 4 is 0 Å². The second-order valence-corrected chi connectivity index (χ2v) is 2.97.